The van der Waals surface area contributed by atoms with E-state index in [1.807, 2.05) is 25.1 Å². The number of aromatic amines is 1. The van der Waals surface area contributed by atoms with Gasteiger partial charge in [-0.25, -0.2) is 4.98 Å². The lowest BCUT2D eigenvalue weighted by Gasteiger charge is -2.11. The highest BCUT2D eigenvalue weighted by Gasteiger charge is 2.28. The molecule has 1 heterocycles. The van der Waals surface area contributed by atoms with Gasteiger partial charge in [-0.2, -0.15) is 0 Å². The Morgan fingerprint density at radius 3 is 2.83 bits per heavy atom. The lowest BCUT2D eigenvalue weighted by molar-refractivity contribution is -0.121. The first-order valence-corrected chi connectivity index (χ1v) is 7.60. The van der Waals surface area contributed by atoms with Crippen LogP contribution in [-0.4, -0.2) is 28.5 Å². The number of rotatable bonds is 6. The summed E-state index contributed by atoms with van der Waals surface area (Å²) in [4.78, 5) is 19.7. The minimum absolute atomic E-state index is 0. The van der Waals surface area contributed by atoms with Crippen LogP contribution in [0.25, 0.3) is 11.0 Å². The van der Waals surface area contributed by atoms with Gasteiger partial charge in [-0.15, -0.1) is 24.8 Å². The van der Waals surface area contributed by atoms with Gasteiger partial charge in [0.15, 0.2) is 0 Å². The molecule has 1 fully saturated rings. The number of carbonyl (C=O) groups excluding carboxylic acids is 1. The van der Waals surface area contributed by atoms with Crippen molar-refractivity contribution in [3.63, 3.8) is 0 Å². The van der Waals surface area contributed by atoms with Crippen molar-refractivity contribution < 1.29 is 4.79 Å². The summed E-state index contributed by atoms with van der Waals surface area (Å²) in [6.07, 6.45) is 3.47. The molecule has 5 nitrogen and oxygen atoms in total. The predicted octanol–water partition coefficient (Wildman–Crippen LogP) is 2.50. The van der Waals surface area contributed by atoms with Crippen molar-refractivity contribution in [3.05, 3.63) is 29.6 Å². The fourth-order valence-corrected chi connectivity index (χ4v) is 2.59. The Morgan fingerprint density at radius 2 is 2.17 bits per heavy atom. The lowest BCUT2D eigenvalue weighted by Crippen LogP contribution is -2.38. The van der Waals surface area contributed by atoms with E-state index in [2.05, 4.69) is 15.3 Å². The van der Waals surface area contributed by atoms with Gasteiger partial charge in [0.05, 0.1) is 11.0 Å². The second-order valence-electron chi connectivity index (χ2n) is 5.96. The minimum Gasteiger partial charge on any atom is -0.355 e. The number of carbonyl (C=O) groups is 1. The molecule has 1 aliphatic carbocycles. The molecule has 1 saturated carbocycles. The molecule has 1 atom stereocenters. The number of nitrogens with one attached hydrogen (secondary N) is 2. The van der Waals surface area contributed by atoms with Crippen LogP contribution in [-0.2, 0) is 11.2 Å². The zero-order valence-corrected chi connectivity index (χ0v) is 14.8. The molecule has 1 aliphatic rings. The molecule has 0 saturated heterocycles. The number of para-hydroxylation sites is 1. The molecule has 1 unspecified atom stereocenters. The number of H-pyrrole nitrogens is 1. The normalized spacial score (nSPS) is 14.7. The summed E-state index contributed by atoms with van der Waals surface area (Å²) >= 11 is 0. The van der Waals surface area contributed by atoms with Gasteiger partial charge in [0.25, 0.3) is 0 Å². The van der Waals surface area contributed by atoms with Crippen LogP contribution >= 0.6 is 24.8 Å². The maximum atomic E-state index is 11.8. The molecule has 0 spiro atoms. The number of imidazole rings is 1. The summed E-state index contributed by atoms with van der Waals surface area (Å²) in [5.74, 6) is 1.52. The second kappa shape index (κ2) is 8.52. The van der Waals surface area contributed by atoms with Gasteiger partial charge in [-0.05, 0) is 37.3 Å². The molecule has 2 aromatic rings. The molecule has 7 heteroatoms. The first-order chi connectivity index (χ1) is 10.1. The molecule has 1 amide bonds. The zero-order valence-electron chi connectivity index (χ0n) is 13.2. The number of aryl methyl sites for hydroxylation is 2. The number of nitrogens with zero attached hydrogens (tertiary/aromatic N) is 1. The van der Waals surface area contributed by atoms with E-state index in [0.29, 0.717) is 25.3 Å². The minimum atomic E-state index is 0. The van der Waals surface area contributed by atoms with Gasteiger partial charge in [-0.1, -0.05) is 12.1 Å². The maximum Gasteiger partial charge on any atom is 0.220 e. The van der Waals surface area contributed by atoms with Crippen LogP contribution in [0.5, 0.6) is 0 Å². The highest BCUT2D eigenvalue weighted by molar-refractivity contribution is 5.85. The van der Waals surface area contributed by atoms with Crippen molar-refractivity contribution >= 4 is 41.8 Å². The summed E-state index contributed by atoms with van der Waals surface area (Å²) in [6.45, 7) is 2.63. The summed E-state index contributed by atoms with van der Waals surface area (Å²) in [6, 6.07) is 6.17. The number of halogens is 2. The van der Waals surface area contributed by atoms with Crippen LogP contribution in [0, 0.1) is 12.8 Å². The van der Waals surface area contributed by atoms with Crippen molar-refractivity contribution in [2.75, 3.05) is 6.54 Å². The molecule has 128 valence electrons. The van der Waals surface area contributed by atoms with Gasteiger partial charge in [0, 0.05) is 25.4 Å². The summed E-state index contributed by atoms with van der Waals surface area (Å²) in [5.41, 5.74) is 9.14. The van der Waals surface area contributed by atoms with E-state index in [1.165, 1.54) is 12.8 Å². The molecule has 3 rings (SSSR count). The molecular weight excluding hydrogens is 335 g/mol. The maximum absolute atomic E-state index is 11.8. The Kier molecular flexibility index (Phi) is 7.32. The number of amides is 1. The van der Waals surface area contributed by atoms with Crippen molar-refractivity contribution in [2.45, 2.75) is 38.6 Å². The molecule has 4 N–H and O–H groups in total. The van der Waals surface area contributed by atoms with Crippen molar-refractivity contribution in [1.29, 1.82) is 0 Å². The summed E-state index contributed by atoms with van der Waals surface area (Å²) in [5, 5.41) is 2.91. The first kappa shape index (κ1) is 19.7. The van der Waals surface area contributed by atoms with Crippen LogP contribution in [0.15, 0.2) is 18.2 Å². The number of nitrogens with two attached hydrogens (primary N) is 1. The first-order valence-electron chi connectivity index (χ1n) is 7.60. The molecule has 23 heavy (non-hydrogen) atoms. The Balaban J connectivity index is 0.00000132. The summed E-state index contributed by atoms with van der Waals surface area (Å²) in [7, 11) is 0. The number of fused-ring (bicyclic) bond motifs is 1. The van der Waals surface area contributed by atoms with E-state index in [4.69, 9.17) is 5.73 Å². The highest BCUT2D eigenvalue weighted by Crippen LogP contribution is 2.31. The molecular formula is C16H24Cl2N4O. The highest BCUT2D eigenvalue weighted by atomic mass is 35.5. The topological polar surface area (TPSA) is 83.8 Å². The van der Waals surface area contributed by atoms with Crippen molar-refractivity contribution in [1.82, 2.24) is 15.3 Å². The molecule has 1 aromatic heterocycles. The Hall–Kier alpha value is -1.30. The van der Waals surface area contributed by atoms with Crippen molar-refractivity contribution in [3.8, 4) is 0 Å². The third-order valence-electron chi connectivity index (χ3n) is 4.11. The molecule has 0 aliphatic heterocycles. The van der Waals surface area contributed by atoms with Crippen LogP contribution in [0.3, 0.4) is 0 Å². The second-order valence-corrected chi connectivity index (χ2v) is 5.96. The van der Waals surface area contributed by atoms with E-state index >= 15 is 0 Å². The fourth-order valence-electron chi connectivity index (χ4n) is 2.59. The standard InChI is InChI=1S/C16H22N4O.2ClH/c1-10-3-2-4-13-16(10)20-14(19-13)7-8-15(21)18-9-12(17)11-5-6-11;;/h2-4,11-12H,5-9,17H2,1H3,(H,18,21)(H,19,20);2*1H. The number of hydrogen-bond acceptors (Lipinski definition) is 3. The van der Waals surface area contributed by atoms with E-state index in [1.54, 1.807) is 0 Å². The molecule has 0 bridgehead atoms. The van der Waals surface area contributed by atoms with Crippen LogP contribution in [0.2, 0.25) is 0 Å². The average molecular weight is 359 g/mol. The lowest BCUT2D eigenvalue weighted by atomic mass is 10.2. The smallest absolute Gasteiger partial charge is 0.220 e. The fraction of sp³-hybridized carbons (Fsp3) is 0.500. The SMILES string of the molecule is Cc1cccc2[nH]c(CCC(=O)NCC(N)C3CC3)nc12.Cl.Cl. The number of benzene rings is 1. The van der Waals surface area contributed by atoms with E-state index < -0.39 is 0 Å². The van der Waals surface area contributed by atoms with Crippen molar-refractivity contribution in [2.24, 2.45) is 11.7 Å². The third-order valence-corrected chi connectivity index (χ3v) is 4.11. The predicted molar refractivity (Wildman–Crippen MR) is 97.4 cm³/mol. The van der Waals surface area contributed by atoms with E-state index in [0.717, 1.165) is 22.4 Å². The van der Waals surface area contributed by atoms with Gasteiger partial charge < -0.3 is 16.0 Å². The van der Waals surface area contributed by atoms with E-state index in [-0.39, 0.29) is 36.8 Å². The van der Waals surface area contributed by atoms with Gasteiger partial charge >= 0.3 is 0 Å². The third kappa shape index (κ3) is 5.09. The van der Waals surface area contributed by atoms with Crippen LogP contribution < -0.4 is 11.1 Å². The van der Waals surface area contributed by atoms with Gasteiger partial charge in [0.1, 0.15) is 5.82 Å². The van der Waals surface area contributed by atoms with E-state index in [9.17, 15) is 4.79 Å². The Bertz CT molecular complexity index is 655. The molecule has 1 aromatic carbocycles. The largest absolute Gasteiger partial charge is 0.355 e. The monoisotopic (exact) mass is 358 g/mol. The van der Waals surface area contributed by atoms with Crippen LogP contribution in [0.4, 0.5) is 0 Å². The summed E-state index contributed by atoms with van der Waals surface area (Å²) < 4.78 is 0. The van der Waals surface area contributed by atoms with Gasteiger partial charge in [0.2, 0.25) is 5.91 Å². The average Bonchev–Trinajstić information content (AvgIpc) is 3.23. The Morgan fingerprint density at radius 1 is 1.43 bits per heavy atom. The zero-order chi connectivity index (χ0) is 14.8. The Labute approximate surface area is 148 Å². The number of hydrogen-bond donors (Lipinski definition) is 3. The quantitative estimate of drug-likeness (QED) is 0.741. The van der Waals surface area contributed by atoms with Crippen LogP contribution in [0.1, 0.15) is 30.7 Å². The number of aromatic nitrogens is 2. The van der Waals surface area contributed by atoms with Gasteiger partial charge in [-0.3, -0.25) is 4.79 Å². The molecule has 0 radical (unpaired) electrons.